The van der Waals surface area contributed by atoms with Gasteiger partial charge in [-0.3, -0.25) is 4.57 Å². The minimum absolute atomic E-state index is 0.0716. The van der Waals surface area contributed by atoms with Gasteiger partial charge in [-0.05, 0) is 24.3 Å². The van der Waals surface area contributed by atoms with Crippen LogP contribution in [0, 0.1) is 0 Å². The van der Waals surface area contributed by atoms with Gasteiger partial charge in [0.25, 0.3) is 0 Å². The van der Waals surface area contributed by atoms with Crippen LogP contribution in [-0.2, 0) is 6.61 Å². The summed E-state index contributed by atoms with van der Waals surface area (Å²) in [4.78, 5) is 0. The first-order valence-electron chi connectivity index (χ1n) is 4.75. The van der Waals surface area contributed by atoms with Crippen LogP contribution in [0.3, 0.4) is 0 Å². The summed E-state index contributed by atoms with van der Waals surface area (Å²) in [5.74, 6) is 0.440. The molecule has 0 radical (unpaired) electrons. The SMILES string of the molecule is OCc1nncn1-c1ccc(OC(F)F)cc1. The minimum atomic E-state index is -2.84. The molecule has 0 atom stereocenters. The van der Waals surface area contributed by atoms with Crippen molar-refractivity contribution < 1.29 is 18.6 Å². The average Bonchev–Trinajstić information content (AvgIpc) is 2.77. The third kappa shape index (κ3) is 2.56. The zero-order valence-electron chi connectivity index (χ0n) is 8.62. The number of alkyl halides is 2. The number of aliphatic hydroxyl groups is 1. The van der Waals surface area contributed by atoms with E-state index in [1.165, 1.54) is 18.5 Å². The fraction of sp³-hybridized carbons (Fsp3) is 0.200. The molecule has 0 aliphatic carbocycles. The number of rotatable bonds is 4. The van der Waals surface area contributed by atoms with Gasteiger partial charge in [-0.2, -0.15) is 8.78 Å². The lowest BCUT2D eigenvalue weighted by atomic mass is 10.3. The van der Waals surface area contributed by atoms with E-state index in [9.17, 15) is 8.78 Å². The van der Waals surface area contributed by atoms with Crippen LogP contribution < -0.4 is 4.74 Å². The molecule has 90 valence electrons. The van der Waals surface area contributed by atoms with Crippen molar-refractivity contribution >= 4 is 0 Å². The second-order valence-electron chi connectivity index (χ2n) is 3.15. The van der Waals surface area contributed by atoms with Gasteiger partial charge in [0.1, 0.15) is 18.7 Å². The van der Waals surface area contributed by atoms with Crippen LogP contribution in [0.4, 0.5) is 8.78 Å². The molecule has 0 fully saturated rings. The second kappa shape index (κ2) is 4.88. The van der Waals surface area contributed by atoms with Crippen molar-refractivity contribution in [3.63, 3.8) is 0 Å². The highest BCUT2D eigenvalue weighted by molar-refractivity contribution is 5.37. The van der Waals surface area contributed by atoms with Gasteiger partial charge >= 0.3 is 6.61 Å². The molecule has 1 N–H and O–H groups in total. The van der Waals surface area contributed by atoms with Gasteiger partial charge in [-0.25, -0.2) is 0 Å². The standard InChI is InChI=1S/C10H9F2N3O2/c11-10(12)17-8-3-1-7(2-4-8)15-6-13-14-9(15)5-16/h1-4,6,10,16H,5H2. The molecule has 7 heteroatoms. The molecule has 0 aliphatic rings. The maximum atomic E-state index is 11.9. The Kier molecular flexibility index (Phi) is 3.29. The molecule has 0 spiro atoms. The lowest BCUT2D eigenvalue weighted by molar-refractivity contribution is -0.0498. The molecule has 0 saturated carbocycles. The first-order chi connectivity index (χ1) is 8.20. The smallest absolute Gasteiger partial charge is 0.387 e. The summed E-state index contributed by atoms with van der Waals surface area (Å²) in [5, 5.41) is 16.3. The molecule has 1 aromatic carbocycles. The summed E-state index contributed by atoms with van der Waals surface area (Å²) < 4.78 is 29.6. The lowest BCUT2D eigenvalue weighted by Crippen LogP contribution is -2.03. The van der Waals surface area contributed by atoms with E-state index in [1.807, 2.05) is 0 Å². The third-order valence-corrected chi connectivity index (χ3v) is 2.10. The summed E-state index contributed by atoms with van der Waals surface area (Å²) >= 11 is 0. The van der Waals surface area contributed by atoms with Crippen LogP contribution in [0.1, 0.15) is 5.82 Å². The van der Waals surface area contributed by atoms with Crippen LogP contribution in [0.5, 0.6) is 5.75 Å². The van der Waals surface area contributed by atoms with Crippen molar-refractivity contribution in [3.05, 3.63) is 36.4 Å². The van der Waals surface area contributed by atoms with E-state index >= 15 is 0 Å². The first-order valence-corrected chi connectivity index (χ1v) is 4.75. The van der Waals surface area contributed by atoms with E-state index in [1.54, 1.807) is 16.7 Å². The monoisotopic (exact) mass is 241 g/mol. The second-order valence-corrected chi connectivity index (χ2v) is 3.15. The van der Waals surface area contributed by atoms with Gasteiger partial charge in [-0.15, -0.1) is 10.2 Å². The Morgan fingerprint density at radius 1 is 1.29 bits per heavy atom. The first kappa shape index (κ1) is 11.5. The van der Waals surface area contributed by atoms with Crippen LogP contribution in [-0.4, -0.2) is 26.5 Å². The predicted octanol–water partition coefficient (Wildman–Crippen LogP) is 1.36. The number of halogens is 2. The fourth-order valence-electron chi connectivity index (χ4n) is 1.37. The predicted molar refractivity (Wildman–Crippen MR) is 53.9 cm³/mol. The van der Waals surface area contributed by atoms with Crippen LogP contribution >= 0.6 is 0 Å². The average molecular weight is 241 g/mol. The van der Waals surface area contributed by atoms with Crippen LogP contribution in [0.15, 0.2) is 30.6 Å². The van der Waals surface area contributed by atoms with E-state index in [0.29, 0.717) is 11.5 Å². The van der Waals surface area contributed by atoms with Crippen molar-refractivity contribution in [2.75, 3.05) is 0 Å². The van der Waals surface area contributed by atoms with E-state index in [0.717, 1.165) is 0 Å². The topological polar surface area (TPSA) is 60.2 Å². The number of hydrogen-bond donors (Lipinski definition) is 1. The molecule has 2 aromatic rings. The quantitative estimate of drug-likeness (QED) is 0.878. The van der Waals surface area contributed by atoms with Crippen molar-refractivity contribution in [1.82, 2.24) is 14.8 Å². The molecule has 17 heavy (non-hydrogen) atoms. The molecule has 0 amide bonds. The van der Waals surface area contributed by atoms with Gasteiger partial charge < -0.3 is 9.84 Å². The van der Waals surface area contributed by atoms with Crippen molar-refractivity contribution in [1.29, 1.82) is 0 Å². The fourth-order valence-corrected chi connectivity index (χ4v) is 1.37. The largest absolute Gasteiger partial charge is 0.435 e. The number of aromatic nitrogens is 3. The maximum absolute atomic E-state index is 11.9. The molecular formula is C10H9F2N3O2. The summed E-state index contributed by atoms with van der Waals surface area (Å²) in [6.45, 7) is -3.10. The molecule has 2 rings (SSSR count). The number of ether oxygens (including phenoxy) is 1. The Morgan fingerprint density at radius 2 is 2.00 bits per heavy atom. The summed E-state index contributed by atoms with van der Waals surface area (Å²) in [6.07, 6.45) is 1.43. The lowest BCUT2D eigenvalue weighted by Gasteiger charge is -2.07. The Bertz CT molecular complexity index is 485. The highest BCUT2D eigenvalue weighted by Gasteiger charge is 2.07. The van der Waals surface area contributed by atoms with E-state index in [4.69, 9.17) is 5.11 Å². The Labute approximate surface area is 95.3 Å². The normalized spacial score (nSPS) is 10.8. The number of hydrogen-bond acceptors (Lipinski definition) is 4. The highest BCUT2D eigenvalue weighted by Crippen LogP contribution is 2.17. The zero-order chi connectivity index (χ0) is 12.3. The molecule has 0 saturated heterocycles. The van der Waals surface area contributed by atoms with E-state index in [2.05, 4.69) is 14.9 Å². The van der Waals surface area contributed by atoms with Crippen molar-refractivity contribution in [2.45, 2.75) is 13.2 Å². The Balaban J connectivity index is 2.23. The maximum Gasteiger partial charge on any atom is 0.387 e. The van der Waals surface area contributed by atoms with Gasteiger partial charge in [0.2, 0.25) is 0 Å². The molecule has 0 aliphatic heterocycles. The molecule has 1 heterocycles. The number of benzene rings is 1. The van der Waals surface area contributed by atoms with Gasteiger partial charge in [-0.1, -0.05) is 0 Å². The zero-order valence-corrected chi connectivity index (χ0v) is 8.62. The third-order valence-electron chi connectivity index (χ3n) is 2.10. The van der Waals surface area contributed by atoms with Gasteiger partial charge in [0.05, 0.1) is 0 Å². The van der Waals surface area contributed by atoms with Crippen molar-refractivity contribution in [2.24, 2.45) is 0 Å². The molecule has 1 aromatic heterocycles. The highest BCUT2D eigenvalue weighted by atomic mass is 19.3. The van der Waals surface area contributed by atoms with Gasteiger partial charge in [0.15, 0.2) is 5.82 Å². The molecule has 0 bridgehead atoms. The summed E-state index contributed by atoms with van der Waals surface area (Å²) in [6, 6.07) is 5.95. The van der Waals surface area contributed by atoms with E-state index in [-0.39, 0.29) is 12.4 Å². The van der Waals surface area contributed by atoms with E-state index < -0.39 is 6.61 Å². The minimum Gasteiger partial charge on any atom is -0.435 e. The van der Waals surface area contributed by atoms with Gasteiger partial charge in [0, 0.05) is 5.69 Å². The summed E-state index contributed by atoms with van der Waals surface area (Å²) in [5.41, 5.74) is 0.653. The number of aliphatic hydroxyl groups excluding tert-OH is 1. The van der Waals surface area contributed by atoms with Crippen LogP contribution in [0.2, 0.25) is 0 Å². The molecule has 5 nitrogen and oxygen atoms in total. The number of nitrogens with zero attached hydrogens (tertiary/aromatic N) is 3. The molecular weight excluding hydrogens is 232 g/mol. The summed E-state index contributed by atoms with van der Waals surface area (Å²) in [7, 11) is 0. The Morgan fingerprint density at radius 3 is 2.59 bits per heavy atom. The Hall–Kier alpha value is -2.02. The van der Waals surface area contributed by atoms with Crippen LogP contribution in [0.25, 0.3) is 5.69 Å². The van der Waals surface area contributed by atoms with Crippen molar-refractivity contribution in [3.8, 4) is 11.4 Å². The molecule has 0 unspecified atom stereocenters.